The molecule has 1 aliphatic rings. The predicted octanol–water partition coefficient (Wildman–Crippen LogP) is 2.40. The zero-order valence-corrected chi connectivity index (χ0v) is 7.49. The van der Waals surface area contributed by atoms with E-state index in [1.165, 1.54) is 0 Å². The highest BCUT2D eigenvalue weighted by molar-refractivity contribution is 6.30. The average Bonchev–Trinajstić information content (AvgIpc) is 2.12. The van der Waals surface area contributed by atoms with E-state index < -0.39 is 0 Å². The highest BCUT2D eigenvalue weighted by atomic mass is 35.5. The second-order valence-corrected chi connectivity index (χ2v) is 3.20. The van der Waals surface area contributed by atoms with Gasteiger partial charge in [0, 0.05) is 13.3 Å². The fraction of sp³-hybridized carbons (Fsp3) is 0.222. The van der Waals surface area contributed by atoms with Crippen molar-refractivity contribution in [1.29, 1.82) is 0 Å². The minimum Gasteiger partial charge on any atom is -0.352 e. The smallest absolute Gasteiger partial charge is 0.139 e. The minimum absolute atomic E-state index is 0.125. The quantitative estimate of drug-likeness (QED) is 0.442. The molecule has 1 unspecified atom stereocenters. The summed E-state index contributed by atoms with van der Waals surface area (Å²) in [5.74, 6) is 0. The molecule has 12 heavy (non-hydrogen) atoms. The Labute approximate surface area is 76.5 Å². The van der Waals surface area contributed by atoms with Crippen molar-refractivity contribution in [2.75, 3.05) is 11.9 Å². The molecule has 1 aliphatic heterocycles. The molecule has 0 radical (unpaired) electrons. The number of benzene rings is 1. The summed E-state index contributed by atoms with van der Waals surface area (Å²) in [7, 11) is 1.96. The zero-order valence-electron chi connectivity index (χ0n) is 6.74. The molecular formula is C9H9ClN2. The van der Waals surface area contributed by atoms with E-state index in [2.05, 4.69) is 4.99 Å². The van der Waals surface area contributed by atoms with Crippen molar-refractivity contribution in [3.05, 3.63) is 24.3 Å². The van der Waals surface area contributed by atoms with Crippen molar-refractivity contribution >= 4 is 29.2 Å². The van der Waals surface area contributed by atoms with Gasteiger partial charge < -0.3 is 4.90 Å². The highest BCUT2D eigenvalue weighted by Crippen LogP contribution is 2.31. The van der Waals surface area contributed by atoms with Crippen LogP contribution < -0.4 is 4.90 Å². The molecule has 2 nitrogen and oxygen atoms in total. The molecule has 0 saturated heterocycles. The predicted molar refractivity (Wildman–Crippen MR) is 52.6 cm³/mol. The number of alkyl halides is 1. The van der Waals surface area contributed by atoms with Gasteiger partial charge in [-0.3, -0.25) is 4.99 Å². The Bertz CT molecular complexity index is 322. The number of anilines is 1. The van der Waals surface area contributed by atoms with Gasteiger partial charge in [0.05, 0.1) is 11.4 Å². The van der Waals surface area contributed by atoms with Crippen molar-refractivity contribution < 1.29 is 0 Å². The van der Waals surface area contributed by atoms with Crippen molar-refractivity contribution in [3.8, 4) is 0 Å². The van der Waals surface area contributed by atoms with Gasteiger partial charge in [0.15, 0.2) is 0 Å². The van der Waals surface area contributed by atoms with Crippen LogP contribution in [0, 0.1) is 0 Å². The van der Waals surface area contributed by atoms with Crippen LogP contribution in [-0.2, 0) is 0 Å². The summed E-state index contributed by atoms with van der Waals surface area (Å²) in [5, 5.41) is 0. The fourth-order valence-electron chi connectivity index (χ4n) is 1.25. The lowest BCUT2D eigenvalue weighted by molar-refractivity contribution is 0.995. The maximum Gasteiger partial charge on any atom is 0.139 e. The second kappa shape index (κ2) is 2.79. The number of halogens is 1. The summed E-state index contributed by atoms with van der Waals surface area (Å²) in [4.78, 5) is 6.22. The molecule has 1 aromatic carbocycles. The topological polar surface area (TPSA) is 15.6 Å². The molecule has 0 amide bonds. The van der Waals surface area contributed by atoms with E-state index in [9.17, 15) is 0 Å². The molecule has 1 aromatic rings. The SMILES string of the molecule is CN1c2ccccc2N=CC1Cl. The zero-order chi connectivity index (χ0) is 8.55. The molecule has 1 heterocycles. The van der Waals surface area contributed by atoms with E-state index in [-0.39, 0.29) is 5.50 Å². The summed E-state index contributed by atoms with van der Waals surface area (Å²) < 4.78 is 0. The van der Waals surface area contributed by atoms with Crippen LogP contribution in [0.3, 0.4) is 0 Å². The number of nitrogens with zero attached hydrogens (tertiary/aromatic N) is 2. The van der Waals surface area contributed by atoms with Crippen LogP contribution in [0.5, 0.6) is 0 Å². The first kappa shape index (κ1) is 7.62. The van der Waals surface area contributed by atoms with Crippen molar-refractivity contribution in [3.63, 3.8) is 0 Å². The summed E-state index contributed by atoms with van der Waals surface area (Å²) in [5.41, 5.74) is 1.94. The number of hydrogen-bond donors (Lipinski definition) is 0. The Morgan fingerprint density at radius 2 is 2.17 bits per heavy atom. The van der Waals surface area contributed by atoms with Crippen molar-refractivity contribution in [2.45, 2.75) is 5.50 Å². The third kappa shape index (κ3) is 1.08. The molecule has 3 heteroatoms. The van der Waals surface area contributed by atoms with E-state index >= 15 is 0 Å². The lowest BCUT2D eigenvalue weighted by Gasteiger charge is -2.26. The standard InChI is InChI=1S/C9H9ClN2/c1-12-8-5-3-2-4-7(8)11-6-9(12)10/h2-6,9H,1H3. The maximum atomic E-state index is 5.97. The number of fused-ring (bicyclic) bond motifs is 1. The van der Waals surface area contributed by atoms with E-state index in [0.29, 0.717) is 0 Å². The van der Waals surface area contributed by atoms with Crippen LogP contribution in [0.4, 0.5) is 11.4 Å². The summed E-state index contributed by atoms with van der Waals surface area (Å²) >= 11 is 5.97. The second-order valence-electron chi connectivity index (χ2n) is 2.75. The van der Waals surface area contributed by atoms with Gasteiger partial charge in [0.25, 0.3) is 0 Å². The van der Waals surface area contributed by atoms with Crippen LogP contribution in [0.25, 0.3) is 0 Å². The molecular weight excluding hydrogens is 172 g/mol. The fourth-order valence-corrected chi connectivity index (χ4v) is 1.41. The monoisotopic (exact) mass is 180 g/mol. The van der Waals surface area contributed by atoms with E-state index in [0.717, 1.165) is 11.4 Å². The average molecular weight is 181 g/mol. The molecule has 0 spiro atoms. The normalized spacial score (nSPS) is 20.8. The molecule has 0 bridgehead atoms. The van der Waals surface area contributed by atoms with Gasteiger partial charge in [-0.1, -0.05) is 23.7 Å². The van der Waals surface area contributed by atoms with E-state index in [1.54, 1.807) is 6.21 Å². The molecule has 1 atom stereocenters. The summed E-state index contributed by atoms with van der Waals surface area (Å²) in [6, 6.07) is 7.95. The Morgan fingerprint density at radius 1 is 1.42 bits per heavy atom. The van der Waals surface area contributed by atoms with Gasteiger partial charge in [0.1, 0.15) is 5.50 Å². The van der Waals surface area contributed by atoms with Crippen LogP contribution in [0.2, 0.25) is 0 Å². The largest absolute Gasteiger partial charge is 0.352 e. The lowest BCUT2D eigenvalue weighted by Crippen LogP contribution is -2.29. The van der Waals surface area contributed by atoms with E-state index in [1.807, 2.05) is 36.2 Å². The third-order valence-electron chi connectivity index (χ3n) is 1.97. The first-order valence-electron chi connectivity index (χ1n) is 3.79. The Kier molecular flexibility index (Phi) is 1.77. The van der Waals surface area contributed by atoms with Crippen LogP contribution in [0.15, 0.2) is 29.3 Å². The molecule has 0 aliphatic carbocycles. The van der Waals surface area contributed by atoms with Crippen LogP contribution >= 0.6 is 11.6 Å². The van der Waals surface area contributed by atoms with Gasteiger partial charge in [0.2, 0.25) is 0 Å². The minimum atomic E-state index is -0.125. The van der Waals surface area contributed by atoms with Gasteiger partial charge in [-0.05, 0) is 12.1 Å². The Morgan fingerprint density at radius 3 is 3.00 bits per heavy atom. The number of para-hydroxylation sites is 2. The van der Waals surface area contributed by atoms with Gasteiger partial charge in [-0.2, -0.15) is 0 Å². The van der Waals surface area contributed by atoms with Gasteiger partial charge in [-0.25, -0.2) is 0 Å². The molecule has 0 N–H and O–H groups in total. The van der Waals surface area contributed by atoms with Crippen molar-refractivity contribution in [2.24, 2.45) is 4.99 Å². The van der Waals surface area contributed by atoms with Gasteiger partial charge >= 0.3 is 0 Å². The summed E-state index contributed by atoms with van der Waals surface area (Å²) in [6.45, 7) is 0. The van der Waals surface area contributed by atoms with Crippen LogP contribution in [-0.4, -0.2) is 18.8 Å². The Balaban J connectivity index is 2.52. The molecule has 0 saturated carbocycles. The molecule has 0 aromatic heterocycles. The van der Waals surface area contributed by atoms with Crippen molar-refractivity contribution in [1.82, 2.24) is 0 Å². The first-order chi connectivity index (χ1) is 5.79. The molecule has 2 rings (SSSR count). The van der Waals surface area contributed by atoms with Gasteiger partial charge in [-0.15, -0.1) is 0 Å². The summed E-state index contributed by atoms with van der Waals surface area (Å²) in [6.07, 6.45) is 1.74. The number of rotatable bonds is 0. The lowest BCUT2D eigenvalue weighted by atomic mass is 10.2. The third-order valence-corrected chi connectivity index (χ3v) is 2.37. The number of hydrogen-bond acceptors (Lipinski definition) is 2. The molecule has 62 valence electrons. The van der Waals surface area contributed by atoms with Crippen LogP contribution in [0.1, 0.15) is 0 Å². The first-order valence-corrected chi connectivity index (χ1v) is 4.23. The maximum absolute atomic E-state index is 5.97. The molecule has 0 fully saturated rings. The van der Waals surface area contributed by atoms with E-state index in [4.69, 9.17) is 11.6 Å². The highest BCUT2D eigenvalue weighted by Gasteiger charge is 2.16. The Hall–Kier alpha value is -1.02. The number of aliphatic imine (C=N–C) groups is 1.